The molecule has 0 fully saturated rings. The Morgan fingerprint density at radius 3 is 2.70 bits per heavy atom. The van der Waals surface area contributed by atoms with Gasteiger partial charge in [0.25, 0.3) is 5.91 Å². The number of hydrogen-bond acceptors (Lipinski definition) is 5. The number of anilines is 1. The van der Waals surface area contributed by atoms with Gasteiger partial charge in [-0.2, -0.15) is 0 Å². The molecular weight excluding hydrogens is 342 g/mol. The van der Waals surface area contributed by atoms with E-state index < -0.39 is 0 Å². The number of para-hydroxylation sites is 1. The molecule has 2 aromatic heterocycles. The van der Waals surface area contributed by atoms with Crippen LogP contribution in [0.25, 0.3) is 22.6 Å². The van der Waals surface area contributed by atoms with Crippen LogP contribution in [0.1, 0.15) is 5.56 Å². The molecule has 0 bridgehead atoms. The number of aryl methyl sites for hydroxylation is 1. The Balaban J connectivity index is 1.40. The van der Waals surface area contributed by atoms with Gasteiger partial charge in [-0.05, 0) is 42.8 Å². The number of nitrogens with zero attached hydrogens (tertiary/aromatic N) is 2. The third-order valence-electron chi connectivity index (χ3n) is 4.06. The van der Waals surface area contributed by atoms with Crippen LogP contribution in [-0.4, -0.2) is 22.5 Å². The second-order valence-electron chi connectivity index (χ2n) is 6.04. The number of oxazole rings is 1. The second kappa shape index (κ2) is 7.29. The van der Waals surface area contributed by atoms with E-state index in [1.54, 1.807) is 30.6 Å². The van der Waals surface area contributed by atoms with E-state index in [-0.39, 0.29) is 12.5 Å². The van der Waals surface area contributed by atoms with E-state index in [2.05, 4.69) is 15.3 Å². The number of benzene rings is 2. The smallest absolute Gasteiger partial charge is 0.262 e. The van der Waals surface area contributed by atoms with Crippen molar-refractivity contribution in [1.29, 1.82) is 0 Å². The van der Waals surface area contributed by atoms with E-state index in [9.17, 15) is 4.79 Å². The van der Waals surface area contributed by atoms with E-state index in [0.717, 1.165) is 11.1 Å². The van der Waals surface area contributed by atoms with Gasteiger partial charge in [0.05, 0.1) is 6.20 Å². The van der Waals surface area contributed by atoms with Crippen LogP contribution in [0.4, 0.5) is 5.69 Å². The number of nitrogens with one attached hydrogen (secondary N) is 1. The monoisotopic (exact) mass is 359 g/mol. The summed E-state index contributed by atoms with van der Waals surface area (Å²) < 4.78 is 11.3. The first-order valence-electron chi connectivity index (χ1n) is 8.48. The molecule has 4 rings (SSSR count). The van der Waals surface area contributed by atoms with Crippen molar-refractivity contribution < 1.29 is 13.9 Å². The third kappa shape index (κ3) is 3.79. The molecule has 0 saturated heterocycles. The van der Waals surface area contributed by atoms with Crippen molar-refractivity contribution in [1.82, 2.24) is 9.97 Å². The zero-order valence-corrected chi connectivity index (χ0v) is 14.7. The highest BCUT2D eigenvalue weighted by Gasteiger charge is 2.09. The maximum absolute atomic E-state index is 12.1. The maximum Gasteiger partial charge on any atom is 0.262 e. The summed E-state index contributed by atoms with van der Waals surface area (Å²) in [5, 5.41) is 2.81. The Hall–Kier alpha value is -3.67. The zero-order chi connectivity index (χ0) is 18.6. The fourth-order valence-electron chi connectivity index (χ4n) is 2.66. The maximum atomic E-state index is 12.1. The summed E-state index contributed by atoms with van der Waals surface area (Å²) in [7, 11) is 0. The van der Waals surface area contributed by atoms with Crippen molar-refractivity contribution >= 4 is 22.7 Å². The molecule has 4 aromatic rings. The largest absolute Gasteiger partial charge is 0.483 e. The van der Waals surface area contributed by atoms with Crippen LogP contribution in [0, 0.1) is 6.92 Å². The van der Waals surface area contributed by atoms with Crippen LogP contribution in [0.15, 0.2) is 71.4 Å². The second-order valence-corrected chi connectivity index (χ2v) is 6.04. The van der Waals surface area contributed by atoms with E-state index in [1.165, 1.54) is 0 Å². The van der Waals surface area contributed by atoms with Crippen LogP contribution in [0.3, 0.4) is 0 Å². The Bertz CT molecular complexity index is 1050. The van der Waals surface area contributed by atoms with Gasteiger partial charge in [-0.3, -0.25) is 9.78 Å². The standard InChI is InChI=1S/C21H17N3O3/c1-14-4-2-3-5-18(14)26-13-20(25)23-16-8-6-15(7-9-16)21-24-17-12-22-11-10-19(17)27-21/h2-12H,13H2,1H3,(H,23,25). The molecule has 0 saturated carbocycles. The fraction of sp³-hybridized carbons (Fsp3) is 0.0952. The Morgan fingerprint density at radius 2 is 1.93 bits per heavy atom. The minimum absolute atomic E-state index is 0.0509. The number of rotatable bonds is 5. The minimum atomic E-state index is -0.223. The first-order valence-corrected chi connectivity index (χ1v) is 8.48. The third-order valence-corrected chi connectivity index (χ3v) is 4.06. The summed E-state index contributed by atoms with van der Waals surface area (Å²) in [5.74, 6) is 0.992. The number of hydrogen-bond donors (Lipinski definition) is 1. The summed E-state index contributed by atoms with van der Waals surface area (Å²) in [4.78, 5) is 20.5. The lowest BCUT2D eigenvalue weighted by molar-refractivity contribution is -0.118. The van der Waals surface area contributed by atoms with Crippen molar-refractivity contribution in [2.24, 2.45) is 0 Å². The van der Waals surface area contributed by atoms with Gasteiger partial charge >= 0.3 is 0 Å². The Labute approximate surface area is 155 Å². The quantitative estimate of drug-likeness (QED) is 0.577. The summed E-state index contributed by atoms with van der Waals surface area (Å²) in [6.45, 7) is 1.89. The van der Waals surface area contributed by atoms with Gasteiger partial charge in [-0.25, -0.2) is 4.98 Å². The van der Waals surface area contributed by atoms with Gasteiger partial charge in [-0.15, -0.1) is 0 Å². The number of ether oxygens (including phenoxy) is 1. The molecule has 134 valence electrons. The number of fused-ring (bicyclic) bond motifs is 1. The van der Waals surface area contributed by atoms with E-state index in [1.807, 2.05) is 43.3 Å². The van der Waals surface area contributed by atoms with E-state index in [0.29, 0.717) is 28.4 Å². The minimum Gasteiger partial charge on any atom is -0.483 e. The van der Waals surface area contributed by atoms with Gasteiger partial charge in [0.15, 0.2) is 12.2 Å². The van der Waals surface area contributed by atoms with Crippen molar-refractivity contribution in [2.45, 2.75) is 6.92 Å². The van der Waals surface area contributed by atoms with Crippen LogP contribution < -0.4 is 10.1 Å². The van der Waals surface area contributed by atoms with Crippen LogP contribution >= 0.6 is 0 Å². The Morgan fingerprint density at radius 1 is 1.11 bits per heavy atom. The van der Waals surface area contributed by atoms with Gasteiger partial charge in [0.1, 0.15) is 11.3 Å². The highest BCUT2D eigenvalue weighted by molar-refractivity contribution is 5.92. The molecule has 0 unspecified atom stereocenters. The summed E-state index contributed by atoms with van der Waals surface area (Å²) in [6, 6.07) is 16.6. The number of amides is 1. The van der Waals surface area contributed by atoms with Gasteiger partial charge < -0.3 is 14.5 Å². The molecule has 2 aromatic carbocycles. The molecule has 0 aliphatic heterocycles. The molecule has 0 radical (unpaired) electrons. The summed E-state index contributed by atoms with van der Waals surface area (Å²) >= 11 is 0. The predicted octanol–water partition coefficient (Wildman–Crippen LogP) is 4.22. The SMILES string of the molecule is Cc1ccccc1OCC(=O)Nc1ccc(-c2nc3cnccc3o2)cc1. The molecule has 27 heavy (non-hydrogen) atoms. The molecule has 6 heteroatoms. The summed E-state index contributed by atoms with van der Waals surface area (Å²) in [6.07, 6.45) is 3.32. The molecule has 1 amide bonds. The van der Waals surface area contributed by atoms with Gasteiger partial charge in [0.2, 0.25) is 5.89 Å². The molecule has 6 nitrogen and oxygen atoms in total. The lowest BCUT2D eigenvalue weighted by Crippen LogP contribution is -2.20. The number of carbonyl (C=O) groups excluding carboxylic acids is 1. The van der Waals surface area contributed by atoms with Crippen LogP contribution in [-0.2, 0) is 4.79 Å². The number of pyridine rings is 1. The average Bonchev–Trinajstić information content (AvgIpc) is 3.12. The topological polar surface area (TPSA) is 77.2 Å². The normalized spacial score (nSPS) is 10.7. The number of carbonyl (C=O) groups is 1. The van der Waals surface area contributed by atoms with Crippen molar-refractivity contribution in [2.75, 3.05) is 11.9 Å². The molecule has 0 aliphatic rings. The lowest BCUT2D eigenvalue weighted by Gasteiger charge is -2.09. The van der Waals surface area contributed by atoms with Crippen molar-refractivity contribution in [3.8, 4) is 17.2 Å². The van der Waals surface area contributed by atoms with Crippen LogP contribution in [0.5, 0.6) is 5.75 Å². The molecular formula is C21H17N3O3. The molecule has 0 aliphatic carbocycles. The first-order chi connectivity index (χ1) is 13.2. The van der Waals surface area contributed by atoms with Gasteiger partial charge in [0, 0.05) is 23.5 Å². The zero-order valence-electron chi connectivity index (χ0n) is 14.7. The molecule has 0 atom stereocenters. The predicted molar refractivity (Wildman–Crippen MR) is 103 cm³/mol. The first kappa shape index (κ1) is 16.8. The average molecular weight is 359 g/mol. The van der Waals surface area contributed by atoms with Gasteiger partial charge in [-0.1, -0.05) is 18.2 Å². The highest BCUT2D eigenvalue weighted by Crippen LogP contribution is 2.24. The Kier molecular flexibility index (Phi) is 4.53. The summed E-state index contributed by atoms with van der Waals surface area (Å²) in [5.41, 5.74) is 3.88. The number of aromatic nitrogens is 2. The van der Waals surface area contributed by atoms with Crippen molar-refractivity contribution in [3.05, 3.63) is 72.6 Å². The molecule has 0 spiro atoms. The lowest BCUT2D eigenvalue weighted by atomic mass is 10.2. The van der Waals surface area contributed by atoms with E-state index >= 15 is 0 Å². The molecule has 1 N–H and O–H groups in total. The van der Waals surface area contributed by atoms with Crippen molar-refractivity contribution in [3.63, 3.8) is 0 Å². The van der Waals surface area contributed by atoms with Crippen LogP contribution in [0.2, 0.25) is 0 Å². The highest BCUT2D eigenvalue weighted by atomic mass is 16.5. The molecule has 2 heterocycles. The fourth-order valence-corrected chi connectivity index (χ4v) is 2.66. The van der Waals surface area contributed by atoms with E-state index in [4.69, 9.17) is 9.15 Å².